The van der Waals surface area contributed by atoms with Crippen LogP contribution in [0, 0.1) is 20.2 Å². The van der Waals surface area contributed by atoms with Crippen molar-refractivity contribution in [2.24, 2.45) is 0 Å². The molecule has 28 heavy (non-hydrogen) atoms. The van der Waals surface area contributed by atoms with Crippen LogP contribution in [0.2, 0.25) is 0 Å². The molecule has 2 aromatic rings. The first-order chi connectivity index (χ1) is 13.4. The van der Waals surface area contributed by atoms with Gasteiger partial charge >= 0.3 is 11.9 Å². The number of nitro groups is 2. The lowest BCUT2D eigenvalue weighted by Crippen LogP contribution is -2.06. The predicted octanol–water partition coefficient (Wildman–Crippen LogP) is 3.07. The Hall–Kier alpha value is -4.08. The van der Waals surface area contributed by atoms with E-state index in [-0.39, 0.29) is 35.7 Å². The monoisotopic (exact) mass is 386 g/mol. The van der Waals surface area contributed by atoms with Gasteiger partial charge in [0.1, 0.15) is 13.2 Å². The highest BCUT2D eigenvalue weighted by Gasteiger charge is 2.11. The van der Waals surface area contributed by atoms with Crippen molar-refractivity contribution in [3.63, 3.8) is 0 Å². The Labute approximate surface area is 158 Å². The van der Waals surface area contributed by atoms with Crippen molar-refractivity contribution in [1.82, 2.24) is 0 Å². The van der Waals surface area contributed by atoms with Gasteiger partial charge in [-0.3, -0.25) is 20.2 Å². The Bertz CT molecular complexity index is 829. The number of ether oxygens (including phenoxy) is 2. The number of benzene rings is 2. The fraction of sp³-hybridized carbons (Fsp3) is 0.111. The second-order valence-corrected chi connectivity index (χ2v) is 5.28. The molecule has 0 atom stereocenters. The highest BCUT2D eigenvalue weighted by atomic mass is 16.6. The molecule has 0 aliphatic heterocycles. The average Bonchev–Trinajstić information content (AvgIpc) is 2.70. The third-order valence-corrected chi connectivity index (χ3v) is 3.42. The standard InChI is InChI=1S/C18H14N2O8/c21-17(13-3-7-15(8-4-13)19(23)24)27-11-1-2-12-28-18(22)14-5-9-16(10-6-14)20(25)26/h1-10H,11-12H2/b2-1+. The Kier molecular flexibility index (Phi) is 6.92. The molecule has 0 N–H and O–H groups in total. The third-order valence-electron chi connectivity index (χ3n) is 3.42. The van der Waals surface area contributed by atoms with Crippen LogP contribution >= 0.6 is 0 Å². The smallest absolute Gasteiger partial charge is 0.338 e. The van der Waals surface area contributed by atoms with Crippen molar-refractivity contribution in [2.45, 2.75) is 0 Å². The normalized spacial score (nSPS) is 10.4. The fourth-order valence-corrected chi connectivity index (χ4v) is 1.99. The molecule has 0 saturated heterocycles. The van der Waals surface area contributed by atoms with E-state index in [0.29, 0.717) is 0 Å². The van der Waals surface area contributed by atoms with Crippen LogP contribution in [0.3, 0.4) is 0 Å². The van der Waals surface area contributed by atoms with Gasteiger partial charge in [-0.05, 0) is 36.4 Å². The van der Waals surface area contributed by atoms with E-state index in [4.69, 9.17) is 9.47 Å². The van der Waals surface area contributed by atoms with Crippen molar-refractivity contribution in [3.8, 4) is 0 Å². The number of rotatable bonds is 8. The maximum absolute atomic E-state index is 11.8. The van der Waals surface area contributed by atoms with E-state index in [1.807, 2.05) is 0 Å². The van der Waals surface area contributed by atoms with Crippen LogP contribution in [-0.2, 0) is 9.47 Å². The van der Waals surface area contributed by atoms with Gasteiger partial charge in [0.15, 0.2) is 0 Å². The zero-order chi connectivity index (χ0) is 20.5. The summed E-state index contributed by atoms with van der Waals surface area (Å²) >= 11 is 0. The summed E-state index contributed by atoms with van der Waals surface area (Å²) in [5.41, 5.74) is 0.0739. The Morgan fingerprint density at radius 3 is 1.32 bits per heavy atom. The van der Waals surface area contributed by atoms with Crippen molar-refractivity contribution >= 4 is 23.3 Å². The SMILES string of the molecule is O=C(OC/C=C/COC(=O)c1ccc([N+](=O)[O-])cc1)c1ccc([N+](=O)[O-])cc1. The van der Waals surface area contributed by atoms with Gasteiger partial charge in [-0.1, -0.05) is 0 Å². The number of hydrogen-bond acceptors (Lipinski definition) is 8. The number of non-ortho nitro benzene ring substituents is 2. The minimum Gasteiger partial charge on any atom is -0.458 e. The largest absolute Gasteiger partial charge is 0.458 e. The highest BCUT2D eigenvalue weighted by molar-refractivity contribution is 5.90. The van der Waals surface area contributed by atoms with E-state index in [0.717, 1.165) is 0 Å². The van der Waals surface area contributed by atoms with Crippen LogP contribution in [0.1, 0.15) is 20.7 Å². The summed E-state index contributed by atoms with van der Waals surface area (Å²) in [7, 11) is 0. The Morgan fingerprint density at radius 1 is 0.714 bits per heavy atom. The number of esters is 2. The van der Waals surface area contributed by atoms with Crippen LogP contribution in [0.15, 0.2) is 60.7 Å². The molecule has 0 spiro atoms. The molecular formula is C18H14N2O8. The van der Waals surface area contributed by atoms with Gasteiger partial charge in [-0.15, -0.1) is 0 Å². The lowest BCUT2D eigenvalue weighted by molar-refractivity contribution is -0.385. The van der Waals surface area contributed by atoms with Crippen LogP contribution in [0.4, 0.5) is 11.4 Å². The topological polar surface area (TPSA) is 139 Å². The molecule has 2 aromatic carbocycles. The summed E-state index contributed by atoms with van der Waals surface area (Å²) in [6.07, 6.45) is 2.93. The summed E-state index contributed by atoms with van der Waals surface area (Å²) in [5.74, 6) is -1.30. The van der Waals surface area contributed by atoms with Gasteiger partial charge in [-0.2, -0.15) is 0 Å². The van der Waals surface area contributed by atoms with Crippen molar-refractivity contribution in [1.29, 1.82) is 0 Å². The average molecular weight is 386 g/mol. The molecule has 10 heteroatoms. The minimum absolute atomic E-state index is 0.0785. The molecule has 0 aliphatic carbocycles. The summed E-state index contributed by atoms with van der Waals surface area (Å²) in [6.45, 7) is -0.157. The van der Waals surface area contributed by atoms with Gasteiger partial charge in [-0.25, -0.2) is 9.59 Å². The van der Waals surface area contributed by atoms with Crippen molar-refractivity contribution < 1.29 is 28.9 Å². The summed E-state index contributed by atoms with van der Waals surface area (Å²) in [5, 5.41) is 21.1. The second kappa shape index (κ2) is 9.57. The third kappa shape index (κ3) is 5.73. The van der Waals surface area contributed by atoms with Crippen LogP contribution in [0.5, 0.6) is 0 Å². The molecule has 0 heterocycles. The lowest BCUT2D eigenvalue weighted by Gasteiger charge is -2.03. The predicted molar refractivity (Wildman–Crippen MR) is 95.9 cm³/mol. The number of hydrogen-bond donors (Lipinski definition) is 0. The molecular weight excluding hydrogens is 372 g/mol. The van der Waals surface area contributed by atoms with E-state index in [9.17, 15) is 29.8 Å². The molecule has 144 valence electrons. The molecule has 0 amide bonds. The molecule has 0 aliphatic rings. The summed E-state index contributed by atoms with van der Waals surface area (Å²) in [6, 6.07) is 9.95. The first-order valence-corrected chi connectivity index (χ1v) is 7.86. The maximum atomic E-state index is 11.8. The van der Waals surface area contributed by atoms with E-state index in [2.05, 4.69) is 0 Å². The molecule has 0 fully saturated rings. The number of nitro benzene ring substituents is 2. The zero-order valence-electron chi connectivity index (χ0n) is 14.3. The molecule has 0 aromatic heterocycles. The fourth-order valence-electron chi connectivity index (χ4n) is 1.99. The van der Waals surface area contributed by atoms with Crippen LogP contribution < -0.4 is 0 Å². The van der Waals surface area contributed by atoms with Gasteiger partial charge in [0.05, 0.1) is 21.0 Å². The van der Waals surface area contributed by atoms with E-state index < -0.39 is 21.8 Å². The summed E-state index contributed by atoms with van der Waals surface area (Å²) < 4.78 is 9.91. The summed E-state index contributed by atoms with van der Waals surface area (Å²) in [4.78, 5) is 43.5. The highest BCUT2D eigenvalue weighted by Crippen LogP contribution is 2.13. The molecule has 0 saturated carbocycles. The molecule has 10 nitrogen and oxygen atoms in total. The van der Waals surface area contributed by atoms with Crippen molar-refractivity contribution in [3.05, 3.63) is 92.0 Å². The minimum atomic E-state index is -0.651. The number of nitrogens with zero attached hydrogens (tertiary/aromatic N) is 2. The Balaban J connectivity index is 1.73. The lowest BCUT2D eigenvalue weighted by atomic mass is 10.2. The molecule has 0 bridgehead atoms. The quantitative estimate of drug-likeness (QED) is 0.292. The number of carbonyl (C=O) groups excluding carboxylic acids is 2. The number of carbonyl (C=O) groups is 2. The first-order valence-electron chi connectivity index (χ1n) is 7.86. The van der Waals surface area contributed by atoms with Gasteiger partial charge < -0.3 is 9.47 Å². The van der Waals surface area contributed by atoms with Gasteiger partial charge in [0.2, 0.25) is 0 Å². The Morgan fingerprint density at radius 2 is 1.04 bits per heavy atom. The van der Waals surface area contributed by atoms with E-state index in [1.54, 1.807) is 0 Å². The van der Waals surface area contributed by atoms with Crippen LogP contribution in [0.25, 0.3) is 0 Å². The van der Waals surface area contributed by atoms with Gasteiger partial charge in [0.25, 0.3) is 11.4 Å². The second-order valence-electron chi connectivity index (χ2n) is 5.28. The maximum Gasteiger partial charge on any atom is 0.338 e. The van der Waals surface area contributed by atoms with Gasteiger partial charge in [0, 0.05) is 24.3 Å². The molecule has 0 radical (unpaired) electrons. The van der Waals surface area contributed by atoms with E-state index >= 15 is 0 Å². The van der Waals surface area contributed by atoms with E-state index in [1.165, 1.54) is 60.7 Å². The molecule has 2 rings (SSSR count). The van der Waals surface area contributed by atoms with Crippen molar-refractivity contribution in [2.75, 3.05) is 13.2 Å². The zero-order valence-corrected chi connectivity index (χ0v) is 14.3. The van der Waals surface area contributed by atoms with Crippen LogP contribution in [-0.4, -0.2) is 35.0 Å². The molecule has 0 unspecified atom stereocenters. The first kappa shape index (κ1) is 20.2.